The van der Waals surface area contributed by atoms with Crippen LogP contribution in [0.3, 0.4) is 0 Å². The second-order valence-corrected chi connectivity index (χ2v) is 5.79. The molecule has 0 spiro atoms. The highest BCUT2D eigenvalue weighted by molar-refractivity contribution is 9.10. The summed E-state index contributed by atoms with van der Waals surface area (Å²) in [5.74, 6) is 0. The van der Waals surface area contributed by atoms with Gasteiger partial charge in [0.15, 0.2) is 0 Å². The molecular formula is C16H21BrN2. The van der Waals surface area contributed by atoms with Gasteiger partial charge in [-0.3, -0.25) is 4.99 Å². The first kappa shape index (κ1) is 14.3. The summed E-state index contributed by atoms with van der Waals surface area (Å²) in [6, 6.07) is 0. The van der Waals surface area contributed by atoms with E-state index >= 15 is 0 Å². The SMILES string of the molecule is CCC1=C(C)C(=Cc2[nH]c(Br)c(C)c2CC)N=C1C. The summed E-state index contributed by atoms with van der Waals surface area (Å²) in [6.45, 7) is 10.8. The molecule has 0 aliphatic carbocycles. The fraction of sp³-hybridized carbons (Fsp3) is 0.438. The molecular weight excluding hydrogens is 300 g/mol. The van der Waals surface area contributed by atoms with Crippen molar-refractivity contribution >= 4 is 27.7 Å². The van der Waals surface area contributed by atoms with Gasteiger partial charge in [0, 0.05) is 11.4 Å². The Morgan fingerprint density at radius 3 is 2.37 bits per heavy atom. The maximum absolute atomic E-state index is 4.70. The van der Waals surface area contributed by atoms with Gasteiger partial charge in [-0.1, -0.05) is 13.8 Å². The number of nitrogens with zero attached hydrogens (tertiary/aromatic N) is 1. The van der Waals surface area contributed by atoms with Crippen molar-refractivity contribution < 1.29 is 0 Å². The van der Waals surface area contributed by atoms with Crippen LogP contribution in [0.15, 0.2) is 26.4 Å². The van der Waals surface area contributed by atoms with Crippen molar-refractivity contribution in [2.24, 2.45) is 4.99 Å². The van der Waals surface area contributed by atoms with Gasteiger partial charge in [-0.05, 0) is 77.9 Å². The molecule has 19 heavy (non-hydrogen) atoms. The third-order valence-electron chi connectivity index (χ3n) is 3.90. The molecule has 0 amide bonds. The molecule has 3 heteroatoms. The van der Waals surface area contributed by atoms with E-state index in [9.17, 15) is 0 Å². The van der Waals surface area contributed by atoms with Crippen molar-refractivity contribution in [3.8, 4) is 0 Å². The van der Waals surface area contributed by atoms with Crippen LogP contribution in [0.2, 0.25) is 0 Å². The number of allylic oxidation sites excluding steroid dienone is 2. The summed E-state index contributed by atoms with van der Waals surface area (Å²) in [5, 5.41) is 0. The average Bonchev–Trinajstić information content (AvgIpc) is 2.78. The number of aliphatic imine (C=N–C) groups is 1. The van der Waals surface area contributed by atoms with Gasteiger partial charge in [0.05, 0.1) is 10.3 Å². The van der Waals surface area contributed by atoms with E-state index in [1.807, 2.05) is 0 Å². The van der Waals surface area contributed by atoms with Crippen molar-refractivity contribution in [3.63, 3.8) is 0 Å². The maximum Gasteiger partial charge on any atom is 0.0857 e. The Bertz CT molecular complexity index is 601. The smallest absolute Gasteiger partial charge is 0.0857 e. The molecule has 0 radical (unpaired) electrons. The Kier molecular flexibility index (Phi) is 4.14. The minimum atomic E-state index is 1.03. The Morgan fingerprint density at radius 2 is 1.84 bits per heavy atom. The van der Waals surface area contributed by atoms with E-state index < -0.39 is 0 Å². The van der Waals surface area contributed by atoms with Crippen molar-refractivity contribution in [1.29, 1.82) is 0 Å². The van der Waals surface area contributed by atoms with Crippen molar-refractivity contribution in [3.05, 3.63) is 38.3 Å². The number of rotatable bonds is 3. The molecule has 0 fully saturated rings. The lowest BCUT2D eigenvalue weighted by Crippen LogP contribution is -1.91. The zero-order valence-corrected chi connectivity index (χ0v) is 13.9. The highest BCUT2D eigenvalue weighted by Gasteiger charge is 2.17. The number of aromatic nitrogens is 1. The molecule has 0 saturated carbocycles. The second kappa shape index (κ2) is 5.49. The minimum Gasteiger partial charge on any atom is -0.349 e. The Hall–Kier alpha value is -1.09. The van der Waals surface area contributed by atoms with Gasteiger partial charge in [0.2, 0.25) is 0 Å². The monoisotopic (exact) mass is 320 g/mol. The topological polar surface area (TPSA) is 28.1 Å². The fourth-order valence-corrected chi connectivity index (χ4v) is 3.21. The van der Waals surface area contributed by atoms with E-state index in [0.717, 1.165) is 28.9 Å². The van der Waals surface area contributed by atoms with Crippen LogP contribution in [0.5, 0.6) is 0 Å². The maximum atomic E-state index is 4.70. The lowest BCUT2D eigenvalue weighted by molar-refractivity contribution is 1.11. The molecule has 1 aromatic rings. The van der Waals surface area contributed by atoms with Crippen LogP contribution in [0, 0.1) is 6.92 Å². The normalized spacial score (nSPS) is 17.6. The van der Waals surface area contributed by atoms with Crippen LogP contribution in [0.25, 0.3) is 6.08 Å². The largest absolute Gasteiger partial charge is 0.349 e. The quantitative estimate of drug-likeness (QED) is 0.793. The zero-order chi connectivity index (χ0) is 14.2. The van der Waals surface area contributed by atoms with Gasteiger partial charge < -0.3 is 4.98 Å². The van der Waals surface area contributed by atoms with Gasteiger partial charge in [-0.2, -0.15) is 0 Å². The number of halogens is 1. The van der Waals surface area contributed by atoms with Crippen LogP contribution < -0.4 is 0 Å². The Morgan fingerprint density at radius 1 is 1.16 bits per heavy atom. The molecule has 0 unspecified atom stereocenters. The lowest BCUT2D eigenvalue weighted by atomic mass is 10.0. The molecule has 0 bridgehead atoms. The van der Waals surface area contributed by atoms with Gasteiger partial charge >= 0.3 is 0 Å². The molecule has 0 saturated heterocycles. The Balaban J connectivity index is 2.50. The summed E-state index contributed by atoms with van der Waals surface area (Å²) < 4.78 is 1.08. The number of hydrogen-bond acceptors (Lipinski definition) is 1. The summed E-state index contributed by atoms with van der Waals surface area (Å²) in [7, 11) is 0. The lowest BCUT2D eigenvalue weighted by Gasteiger charge is -2.01. The summed E-state index contributed by atoms with van der Waals surface area (Å²) in [4.78, 5) is 8.11. The third kappa shape index (κ3) is 2.48. The molecule has 1 N–H and O–H groups in total. The standard InChI is InChI=1S/C16H21BrN2/c1-6-12-9(3)14(18-11(12)5)8-15-13(7-2)10(4)16(17)19-15/h8,19H,6-7H2,1-5H3. The zero-order valence-electron chi connectivity index (χ0n) is 12.3. The van der Waals surface area contributed by atoms with Crippen molar-refractivity contribution in [2.75, 3.05) is 0 Å². The van der Waals surface area contributed by atoms with Crippen molar-refractivity contribution in [1.82, 2.24) is 4.98 Å². The van der Waals surface area contributed by atoms with E-state index in [-0.39, 0.29) is 0 Å². The van der Waals surface area contributed by atoms with Crippen LogP contribution in [-0.2, 0) is 6.42 Å². The van der Waals surface area contributed by atoms with Gasteiger partial charge in [-0.25, -0.2) is 0 Å². The molecule has 2 nitrogen and oxygen atoms in total. The fourth-order valence-electron chi connectivity index (χ4n) is 2.76. The van der Waals surface area contributed by atoms with Gasteiger partial charge in [0.25, 0.3) is 0 Å². The number of H-pyrrole nitrogens is 1. The van der Waals surface area contributed by atoms with Gasteiger partial charge in [0.1, 0.15) is 0 Å². The van der Waals surface area contributed by atoms with Crippen molar-refractivity contribution in [2.45, 2.75) is 47.5 Å². The molecule has 0 aromatic carbocycles. The first-order valence-corrected chi connectivity index (χ1v) is 7.63. The van der Waals surface area contributed by atoms with E-state index in [0.29, 0.717) is 0 Å². The number of aromatic amines is 1. The van der Waals surface area contributed by atoms with Crippen LogP contribution in [0.1, 0.15) is 50.9 Å². The second-order valence-electron chi connectivity index (χ2n) is 4.99. The summed E-state index contributed by atoms with van der Waals surface area (Å²) in [5.41, 5.74) is 8.78. The number of hydrogen-bond donors (Lipinski definition) is 1. The predicted molar refractivity (Wildman–Crippen MR) is 86.7 cm³/mol. The predicted octanol–water partition coefficient (Wildman–Crippen LogP) is 5.19. The highest BCUT2D eigenvalue weighted by atomic mass is 79.9. The van der Waals surface area contributed by atoms with E-state index in [4.69, 9.17) is 4.99 Å². The molecule has 1 aromatic heterocycles. The van der Waals surface area contributed by atoms with E-state index in [1.165, 1.54) is 28.0 Å². The molecule has 1 aliphatic heterocycles. The molecule has 102 valence electrons. The van der Waals surface area contributed by atoms with Gasteiger partial charge in [-0.15, -0.1) is 0 Å². The van der Waals surface area contributed by atoms with E-state index in [2.05, 4.69) is 61.6 Å². The van der Waals surface area contributed by atoms with Crippen LogP contribution in [-0.4, -0.2) is 10.7 Å². The Labute approximate surface area is 123 Å². The third-order valence-corrected chi connectivity index (χ3v) is 4.69. The first-order chi connectivity index (χ1) is 8.99. The molecule has 2 rings (SSSR count). The highest BCUT2D eigenvalue weighted by Crippen LogP contribution is 2.31. The molecule has 2 heterocycles. The number of nitrogens with one attached hydrogen (secondary N) is 1. The molecule has 0 atom stereocenters. The minimum absolute atomic E-state index is 1.03. The van der Waals surface area contributed by atoms with Crippen LogP contribution in [0.4, 0.5) is 0 Å². The summed E-state index contributed by atoms with van der Waals surface area (Å²) >= 11 is 3.58. The molecule has 1 aliphatic rings. The average molecular weight is 321 g/mol. The van der Waals surface area contributed by atoms with Crippen LogP contribution >= 0.6 is 15.9 Å². The van der Waals surface area contributed by atoms with E-state index in [1.54, 1.807) is 0 Å². The first-order valence-electron chi connectivity index (χ1n) is 6.83. The summed E-state index contributed by atoms with van der Waals surface area (Å²) in [6.07, 6.45) is 4.25.